The van der Waals surface area contributed by atoms with E-state index in [1.807, 2.05) is 0 Å². The van der Waals surface area contributed by atoms with E-state index in [1.165, 1.54) is 63.5 Å². The number of benzene rings is 1. The summed E-state index contributed by atoms with van der Waals surface area (Å²) < 4.78 is 0. The SMILES string of the molecule is c1cc2c(c(NC3CCCCC3)c1)CCCC2. The third kappa shape index (κ3) is 2.48. The van der Waals surface area contributed by atoms with Crippen LogP contribution in [-0.4, -0.2) is 6.04 Å². The topological polar surface area (TPSA) is 12.0 Å². The Hall–Kier alpha value is -0.980. The molecule has 0 radical (unpaired) electrons. The zero-order valence-corrected chi connectivity index (χ0v) is 10.7. The van der Waals surface area contributed by atoms with E-state index >= 15 is 0 Å². The highest BCUT2D eigenvalue weighted by molar-refractivity contribution is 5.56. The molecule has 0 amide bonds. The second kappa shape index (κ2) is 5.12. The van der Waals surface area contributed by atoms with Crippen molar-refractivity contribution in [3.63, 3.8) is 0 Å². The van der Waals surface area contributed by atoms with Gasteiger partial charge in [0.05, 0.1) is 0 Å². The fourth-order valence-electron chi connectivity index (χ4n) is 3.38. The second-order valence-electron chi connectivity index (χ2n) is 5.63. The Bertz CT molecular complexity index is 377. The van der Waals surface area contributed by atoms with E-state index in [-0.39, 0.29) is 0 Å². The maximum Gasteiger partial charge on any atom is 0.0377 e. The predicted octanol–water partition coefficient (Wildman–Crippen LogP) is 4.31. The van der Waals surface area contributed by atoms with Gasteiger partial charge in [-0.2, -0.15) is 0 Å². The van der Waals surface area contributed by atoms with Crippen molar-refractivity contribution in [1.82, 2.24) is 0 Å². The first-order chi connectivity index (χ1) is 8.43. The molecule has 0 heterocycles. The summed E-state index contributed by atoms with van der Waals surface area (Å²) in [5.41, 5.74) is 4.65. The molecule has 1 N–H and O–H groups in total. The van der Waals surface area contributed by atoms with Crippen molar-refractivity contribution in [3.8, 4) is 0 Å². The Kier molecular flexibility index (Phi) is 3.35. The fourth-order valence-corrected chi connectivity index (χ4v) is 3.38. The molecule has 17 heavy (non-hydrogen) atoms. The van der Waals surface area contributed by atoms with Crippen LogP contribution in [0.25, 0.3) is 0 Å². The van der Waals surface area contributed by atoms with Gasteiger partial charge in [-0.1, -0.05) is 31.4 Å². The third-order valence-electron chi connectivity index (χ3n) is 4.36. The van der Waals surface area contributed by atoms with Gasteiger partial charge < -0.3 is 5.32 Å². The molecular formula is C16H23N. The summed E-state index contributed by atoms with van der Waals surface area (Å²) in [5.74, 6) is 0. The molecule has 92 valence electrons. The van der Waals surface area contributed by atoms with Crippen LogP contribution in [0.4, 0.5) is 5.69 Å². The van der Waals surface area contributed by atoms with E-state index in [9.17, 15) is 0 Å². The maximum atomic E-state index is 3.81. The summed E-state index contributed by atoms with van der Waals surface area (Å²) in [4.78, 5) is 0. The van der Waals surface area contributed by atoms with Crippen LogP contribution in [0.3, 0.4) is 0 Å². The predicted molar refractivity (Wildman–Crippen MR) is 73.6 cm³/mol. The summed E-state index contributed by atoms with van der Waals surface area (Å²) >= 11 is 0. The van der Waals surface area contributed by atoms with Crippen LogP contribution < -0.4 is 5.32 Å². The molecule has 1 aromatic carbocycles. The molecular weight excluding hydrogens is 206 g/mol. The molecule has 1 saturated carbocycles. The van der Waals surface area contributed by atoms with E-state index in [2.05, 4.69) is 23.5 Å². The van der Waals surface area contributed by atoms with Crippen LogP contribution in [0.15, 0.2) is 18.2 Å². The highest BCUT2D eigenvalue weighted by atomic mass is 14.9. The Balaban J connectivity index is 1.77. The average molecular weight is 229 g/mol. The lowest BCUT2D eigenvalue weighted by Gasteiger charge is -2.27. The number of fused-ring (bicyclic) bond motifs is 1. The van der Waals surface area contributed by atoms with Crippen molar-refractivity contribution >= 4 is 5.69 Å². The van der Waals surface area contributed by atoms with Gasteiger partial charge >= 0.3 is 0 Å². The maximum absolute atomic E-state index is 3.81. The average Bonchev–Trinajstić information content (AvgIpc) is 2.40. The van der Waals surface area contributed by atoms with Gasteiger partial charge in [-0.3, -0.25) is 0 Å². The molecule has 1 heteroatoms. The Labute approximate surface area is 105 Å². The Morgan fingerprint density at radius 1 is 0.882 bits per heavy atom. The van der Waals surface area contributed by atoms with E-state index in [0.717, 1.165) is 6.04 Å². The molecule has 0 atom stereocenters. The molecule has 0 unspecified atom stereocenters. The Morgan fingerprint density at radius 3 is 2.59 bits per heavy atom. The molecule has 0 aromatic heterocycles. The zero-order valence-electron chi connectivity index (χ0n) is 10.7. The third-order valence-corrected chi connectivity index (χ3v) is 4.36. The van der Waals surface area contributed by atoms with Crippen LogP contribution >= 0.6 is 0 Å². The van der Waals surface area contributed by atoms with Gasteiger partial charge in [0, 0.05) is 11.7 Å². The number of hydrogen-bond acceptors (Lipinski definition) is 1. The van der Waals surface area contributed by atoms with Crippen LogP contribution in [0.1, 0.15) is 56.1 Å². The monoisotopic (exact) mass is 229 g/mol. The van der Waals surface area contributed by atoms with E-state index in [0.29, 0.717) is 0 Å². The standard InChI is InChI=1S/C16H23N/c1-2-9-14(10-3-1)17-16-12-6-8-13-7-4-5-11-15(13)16/h6,8,12,14,17H,1-5,7,9-11H2. The van der Waals surface area contributed by atoms with Crippen molar-refractivity contribution in [3.05, 3.63) is 29.3 Å². The first kappa shape index (κ1) is 11.1. The molecule has 1 aromatic rings. The number of aryl methyl sites for hydroxylation is 1. The lowest BCUT2D eigenvalue weighted by atomic mass is 9.89. The molecule has 0 saturated heterocycles. The largest absolute Gasteiger partial charge is 0.382 e. The number of anilines is 1. The summed E-state index contributed by atoms with van der Waals surface area (Å²) in [6.07, 6.45) is 12.3. The number of nitrogens with one attached hydrogen (secondary N) is 1. The van der Waals surface area contributed by atoms with Crippen molar-refractivity contribution in [1.29, 1.82) is 0 Å². The van der Waals surface area contributed by atoms with E-state index < -0.39 is 0 Å². The van der Waals surface area contributed by atoms with Gasteiger partial charge in [0.1, 0.15) is 0 Å². The van der Waals surface area contributed by atoms with Gasteiger partial charge in [0.2, 0.25) is 0 Å². The minimum absolute atomic E-state index is 0.733. The van der Waals surface area contributed by atoms with Crippen LogP contribution in [0.5, 0.6) is 0 Å². The molecule has 3 rings (SSSR count). The highest BCUT2D eigenvalue weighted by Gasteiger charge is 2.17. The lowest BCUT2D eigenvalue weighted by molar-refractivity contribution is 0.462. The normalized spacial score (nSPS) is 20.9. The van der Waals surface area contributed by atoms with Crippen LogP contribution in [0, 0.1) is 0 Å². The fraction of sp³-hybridized carbons (Fsp3) is 0.625. The Morgan fingerprint density at radius 2 is 1.71 bits per heavy atom. The number of hydrogen-bond donors (Lipinski definition) is 1. The van der Waals surface area contributed by atoms with Crippen molar-refractivity contribution in [2.75, 3.05) is 5.32 Å². The lowest BCUT2D eigenvalue weighted by Crippen LogP contribution is -2.23. The first-order valence-electron chi connectivity index (χ1n) is 7.31. The molecule has 1 nitrogen and oxygen atoms in total. The molecule has 2 aliphatic carbocycles. The molecule has 2 aliphatic rings. The van der Waals surface area contributed by atoms with Crippen molar-refractivity contribution < 1.29 is 0 Å². The first-order valence-corrected chi connectivity index (χ1v) is 7.31. The van der Waals surface area contributed by atoms with Crippen molar-refractivity contribution in [2.45, 2.75) is 63.8 Å². The van der Waals surface area contributed by atoms with Gasteiger partial charge in [-0.15, -0.1) is 0 Å². The number of rotatable bonds is 2. The summed E-state index contributed by atoms with van der Waals surface area (Å²) in [5, 5.41) is 3.81. The molecule has 0 spiro atoms. The second-order valence-corrected chi connectivity index (χ2v) is 5.63. The van der Waals surface area contributed by atoms with Gasteiger partial charge in [-0.05, 0) is 55.7 Å². The zero-order chi connectivity index (χ0) is 11.5. The van der Waals surface area contributed by atoms with Gasteiger partial charge in [0.25, 0.3) is 0 Å². The van der Waals surface area contributed by atoms with E-state index in [4.69, 9.17) is 0 Å². The van der Waals surface area contributed by atoms with Gasteiger partial charge in [-0.25, -0.2) is 0 Å². The van der Waals surface area contributed by atoms with Crippen molar-refractivity contribution in [2.24, 2.45) is 0 Å². The van der Waals surface area contributed by atoms with Gasteiger partial charge in [0.15, 0.2) is 0 Å². The smallest absolute Gasteiger partial charge is 0.0377 e. The molecule has 1 fully saturated rings. The summed E-state index contributed by atoms with van der Waals surface area (Å²) in [7, 11) is 0. The highest BCUT2D eigenvalue weighted by Crippen LogP contribution is 2.30. The summed E-state index contributed by atoms with van der Waals surface area (Å²) in [6, 6.07) is 7.58. The molecule has 0 aliphatic heterocycles. The van der Waals surface area contributed by atoms with Crippen LogP contribution in [0.2, 0.25) is 0 Å². The van der Waals surface area contributed by atoms with E-state index in [1.54, 1.807) is 11.1 Å². The van der Waals surface area contributed by atoms with Crippen LogP contribution in [-0.2, 0) is 12.8 Å². The molecule has 0 bridgehead atoms. The quantitative estimate of drug-likeness (QED) is 0.797. The minimum atomic E-state index is 0.733. The minimum Gasteiger partial charge on any atom is -0.382 e. The summed E-state index contributed by atoms with van der Waals surface area (Å²) in [6.45, 7) is 0.